The first-order valence-corrected chi connectivity index (χ1v) is 12.7. The van der Waals surface area contributed by atoms with Crippen LogP contribution in [0.4, 0.5) is 5.69 Å². The molecule has 0 aliphatic carbocycles. The number of benzene rings is 2. The maximum absolute atomic E-state index is 13.5. The maximum atomic E-state index is 13.5. The lowest BCUT2D eigenvalue weighted by atomic mass is 9.80. The molecule has 180 valence electrons. The lowest BCUT2D eigenvalue weighted by molar-refractivity contribution is -0.122. The van der Waals surface area contributed by atoms with Crippen molar-refractivity contribution in [3.05, 3.63) is 82.0 Å². The van der Waals surface area contributed by atoms with Gasteiger partial charge in [0.1, 0.15) is 22.7 Å². The second kappa shape index (κ2) is 9.62. The zero-order chi connectivity index (χ0) is 25.6. The van der Waals surface area contributed by atoms with Gasteiger partial charge in [0.15, 0.2) is 0 Å². The van der Waals surface area contributed by atoms with Crippen molar-refractivity contribution in [1.29, 1.82) is 10.7 Å². The highest BCUT2D eigenvalue weighted by Gasteiger charge is 2.57. The van der Waals surface area contributed by atoms with Crippen molar-refractivity contribution in [2.24, 2.45) is 17.8 Å². The lowest BCUT2D eigenvalue weighted by Gasteiger charge is -2.32. The molecule has 0 radical (unpaired) electrons. The number of hydrogen-bond acceptors (Lipinski definition) is 6. The number of hydrogen-bond donors (Lipinski definition) is 1. The van der Waals surface area contributed by atoms with Crippen molar-refractivity contribution >= 4 is 63.6 Å². The molecule has 2 aromatic carbocycles. The number of anilines is 1. The van der Waals surface area contributed by atoms with Gasteiger partial charge in [-0.05, 0) is 55.5 Å². The molecule has 36 heavy (non-hydrogen) atoms. The molecular weight excluding hydrogens is 517 g/mol. The number of nitrogens with zero attached hydrogens (tertiary/aromatic N) is 2. The number of imide groups is 1. The molecule has 1 N–H and O–H groups in total. The van der Waals surface area contributed by atoms with Crippen LogP contribution in [0.2, 0.25) is 10.0 Å². The van der Waals surface area contributed by atoms with E-state index in [1.54, 1.807) is 54.6 Å². The van der Waals surface area contributed by atoms with Crippen LogP contribution in [0.15, 0.2) is 65.1 Å². The summed E-state index contributed by atoms with van der Waals surface area (Å²) in [5, 5.41) is 18.5. The zero-order valence-corrected chi connectivity index (χ0v) is 21.3. The highest BCUT2D eigenvalue weighted by molar-refractivity contribution is 8.15. The fourth-order valence-electron chi connectivity index (χ4n) is 4.56. The van der Waals surface area contributed by atoms with E-state index < -0.39 is 23.0 Å². The average Bonchev–Trinajstić information content (AvgIpc) is 3.40. The summed E-state index contributed by atoms with van der Waals surface area (Å²) in [6, 6.07) is 17.9. The van der Waals surface area contributed by atoms with Gasteiger partial charge in [0, 0.05) is 16.5 Å². The number of carbonyl (C=O) groups excluding carboxylic acids is 2. The van der Waals surface area contributed by atoms with Crippen LogP contribution in [0.25, 0.3) is 17.4 Å². The quantitative estimate of drug-likeness (QED) is 0.378. The number of carbonyl (C=O) groups is 2. The summed E-state index contributed by atoms with van der Waals surface area (Å²) < 4.78 is 5.92. The van der Waals surface area contributed by atoms with Gasteiger partial charge in [-0.3, -0.25) is 15.0 Å². The van der Waals surface area contributed by atoms with Gasteiger partial charge in [0.25, 0.3) is 0 Å². The van der Waals surface area contributed by atoms with Gasteiger partial charge in [0.2, 0.25) is 11.8 Å². The molecule has 9 heteroatoms. The molecule has 2 fully saturated rings. The van der Waals surface area contributed by atoms with Gasteiger partial charge in [-0.15, -0.1) is 0 Å². The van der Waals surface area contributed by atoms with E-state index in [1.165, 1.54) is 4.90 Å². The van der Waals surface area contributed by atoms with Crippen molar-refractivity contribution in [2.45, 2.75) is 12.2 Å². The number of amides is 2. The maximum Gasteiger partial charge on any atom is 0.248 e. The third kappa shape index (κ3) is 4.26. The SMILES string of the molecule is Cc1ccc(N2C(=O)[C@@H]3[C@@H](/C=C/c4ccc(-c5ccc(Cl)cc5Cl)o4)[C@@H](C#N)C(=N)S[C@@H]3C2=O)cc1. The second-order valence-corrected chi connectivity index (χ2v) is 10.7. The molecule has 1 aromatic heterocycles. The van der Waals surface area contributed by atoms with Crippen molar-refractivity contribution in [2.75, 3.05) is 4.90 Å². The van der Waals surface area contributed by atoms with Gasteiger partial charge in [-0.2, -0.15) is 5.26 Å². The first kappa shape index (κ1) is 24.4. The van der Waals surface area contributed by atoms with Crippen LogP contribution in [0, 0.1) is 41.4 Å². The van der Waals surface area contributed by atoms with Gasteiger partial charge in [-0.25, -0.2) is 4.90 Å². The van der Waals surface area contributed by atoms with Crippen LogP contribution < -0.4 is 4.90 Å². The van der Waals surface area contributed by atoms with Crippen LogP contribution in [-0.4, -0.2) is 22.1 Å². The number of aryl methyl sites for hydroxylation is 1. The molecule has 0 saturated carbocycles. The fraction of sp³-hybridized carbons (Fsp3) is 0.185. The summed E-state index contributed by atoms with van der Waals surface area (Å²) in [5.74, 6) is -1.97. The number of nitriles is 1. The Morgan fingerprint density at radius 3 is 2.53 bits per heavy atom. The molecule has 6 nitrogen and oxygen atoms in total. The average molecular weight is 536 g/mol. The minimum Gasteiger partial charge on any atom is -0.457 e. The minimum atomic E-state index is -0.845. The summed E-state index contributed by atoms with van der Waals surface area (Å²) in [4.78, 5) is 27.9. The molecule has 0 bridgehead atoms. The third-order valence-electron chi connectivity index (χ3n) is 6.37. The van der Waals surface area contributed by atoms with E-state index in [0.29, 0.717) is 32.8 Å². The summed E-state index contributed by atoms with van der Waals surface area (Å²) in [6.07, 6.45) is 3.38. The standard InChI is InChI=1S/C27H19Cl2N3O3S/c1-14-2-5-16(6-3-14)32-26(33)23-18(20(13-30)25(31)36-24(23)27(32)34)10-7-17-8-11-22(35-17)19-9-4-15(28)12-21(19)29/h2-12,18,20,23-24,31H,1H3/b10-7+,31-25?/t18-,20+,23+,24-/m0/s1. The van der Waals surface area contributed by atoms with E-state index in [9.17, 15) is 14.9 Å². The number of halogens is 2. The molecule has 0 unspecified atom stereocenters. The Balaban J connectivity index is 1.46. The molecule has 2 aliphatic rings. The van der Waals surface area contributed by atoms with Gasteiger partial charge >= 0.3 is 0 Å². The Hall–Kier alpha value is -3.31. The van der Waals surface area contributed by atoms with Gasteiger partial charge in [0.05, 0.1) is 27.7 Å². The summed E-state index contributed by atoms with van der Waals surface area (Å²) >= 11 is 13.3. The van der Waals surface area contributed by atoms with Gasteiger partial charge < -0.3 is 4.42 Å². The number of fused-ring (bicyclic) bond motifs is 1. The van der Waals surface area contributed by atoms with E-state index in [4.69, 9.17) is 33.0 Å². The van der Waals surface area contributed by atoms with Crippen molar-refractivity contribution in [3.8, 4) is 17.4 Å². The topological polar surface area (TPSA) is 98.2 Å². The third-order valence-corrected chi connectivity index (χ3v) is 8.17. The van der Waals surface area contributed by atoms with E-state index >= 15 is 0 Å². The zero-order valence-electron chi connectivity index (χ0n) is 18.9. The van der Waals surface area contributed by atoms with E-state index in [0.717, 1.165) is 17.3 Å². The second-order valence-electron chi connectivity index (χ2n) is 8.65. The first-order chi connectivity index (χ1) is 17.3. The monoisotopic (exact) mass is 535 g/mol. The van der Waals surface area contributed by atoms with Crippen LogP contribution in [-0.2, 0) is 9.59 Å². The number of allylic oxidation sites excluding steroid dienone is 1. The Bertz CT molecular complexity index is 1460. The molecule has 5 rings (SSSR count). The van der Waals surface area contributed by atoms with E-state index in [2.05, 4.69) is 6.07 Å². The smallest absolute Gasteiger partial charge is 0.248 e. The van der Waals surface area contributed by atoms with Crippen LogP contribution in [0.3, 0.4) is 0 Å². The number of rotatable bonds is 4. The normalized spacial score (nSPS) is 23.8. The molecule has 2 aliphatic heterocycles. The van der Waals surface area contributed by atoms with Crippen LogP contribution in [0.5, 0.6) is 0 Å². The largest absolute Gasteiger partial charge is 0.457 e. The molecule has 4 atom stereocenters. The molecule has 2 saturated heterocycles. The lowest BCUT2D eigenvalue weighted by Crippen LogP contribution is -2.40. The summed E-state index contributed by atoms with van der Waals surface area (Å²) in [6.45, 7) is 1.92. The fourth-order valence-corrected chi connectivity index (χ4v) is 6.34. The summed E-state index contributed by atoms with van der Waals surface area (Å²) in [7, 11) is 0. The molecular formula is C27H19Cl2N3O3S. The molecule has 3 heterocycles. The number of nitrogens with one attached hydrogen (secondary N) is 1. The molecule has 2 amide bonds. The van der Waals surface area contributed by atoms with Crippen molar-refractivity contribution in [3.63, 3.8) is 0 Å². The summed E-state index contributed by atoms with van der Waals surface area (Å²) in [5.41, 5.74) is 2.18. The molecule has 3 aromatic rings. The van der Waals surface area contributed by atoms with Crippen LogP contribution in [0.1, 0.15) is 11.3 Å². The minimum absolute atomic E-state index is 0.0772. The number of thioether (sulfide) groups is 1. The van der Waals surface area contributed by atoms with Crippen molar-refractivity contribution < 1.29 is 14.0 Å². The Morgan fingerprint density at radius 1 is 1.08 bits per heavy atom. The molecule has 0 spiro atoms. The first-order valence-electron chi connectivity index (χ1n) is 11.1. The van der Waals surface area contributed by atoms with Gasteiger partial charge in [-0.1, -0.05) is 58.7 Å². The highest BCUT2D eigenvalue weighted by Crippen LogP contribution is 2.47. The Labute approximate surface area is 222 Å². The van der Waals surface area contributed by atoms with E-state index in [-0.39, 0.29) is 16.9 Å². The number of furan rings is 1. The Kier molecular flexibility index (Phi) is 6.52. The van der Waals surface area contributed by atoms with E-state index in [1.807, 2.05) is 19.1 Å². The predicted molar refractivity (Wildman–Crippen MR) is 142 cm³/mol. The van der Waals surface area contributed by atoms with Crippen LogP contribution >= 0.6 is 35.0 Å². The van der Waals surface area contributed by atoms with Crippen molar-refractivity contribution in [1.82, 2.24) is 0 Å². The Morgan fingerprint density at radius 2 is 1.83 bits per heavy atom. The highest BCUT2D eigenvalue weighted by atomic mass is 35.5. The predicted octanol–water partition coefficient (Wildman–Crippen LogP) is 6.61.